The normalized spacial score (nSPS) is 19.0. The van der Waals surface area contributed by atoms with Crippen LogP contribution in [0.5, 0.6) is 0 Å². The lowest BCUT2D eigenvalue weighted by atomic mass is 9.95. The Hall–Kier alpha value is -1.00. The standard InChI is InChI=1S/C17H26N2OS/c1-12-6-4-5-7-14(12)11-21-13(2)10-17(3,16(18)20)19-15-8-9-15/h4-7,13,15,19H,8-11H2,1-3H3,(H2,18,20). The van der Waals surface area contributed by atoms with Crippen molar-refractivity contribution in [2.24, 2.45) is 5.73 Å². The van der Waals surface area contributed by atoms with Gasteiger partial charge in [-0.3, -0.25) is 4.79 Å². The second kappa shape index (κ2) is 6.84. The molecule has 21 heavy (non-hydrogen) atoms. The summed E-state index contributed by atoms with van der Waals surface area (Å²) in [6, 6.07) is 8.94. The molecule has 0 aliphatic heterocycles. The zero-order chi connectivity index (χ0) is 15.5. The number of hydrogen-bond acceptors (Lipinski definition) is 3. The maximum Gasteiger partial charge on any atom is 0.237 e. The van der Waals surface area contributed by atoms with Crippen molar-refractivity contribution in [1.29, 1.82) is 0 Å². The molecule has 3 nitrogen and oxygen atoms in total. The van der Waals surface area contributed by atoms with Crippen LogP contribution in [-0.4, -0.2) is 22.7 Å². The zero-order valence-electron chi connectivity index (χ0n) is 13.2. The predicted octanol–water partition coefficient (Wildman–Crippen LogP) is 3.00. The molecule has 4 heteroatoms. The van der Waals surface area contributed by atoms with Gasteiger partial charge in [-0.25, -0.2) is 0 Å². The highest BCUT2D eigenvalue weighted by Gasteiger charge is 2.38. The molecule has 0 radical (unpaired) electrons. The van der Waals surface area contributed by atoms with Crippen LogP contribution in [0, 0.1) is 6.92 Å². The number of carbonyl (C=O) groups excluding carboxylic acids is 1. The van der Waals surface area contributed by atoms with Gasteiger partial charge in [0.05, 0.1) is 5.54 Å². The van der Waals surface area contributed by atoms with Gasteiger partial charge >= 0.3 is 0 Å². The van der Waals surface area contributed by atoms with Crippen LogP contribution in [0.4, 0.5) is 0 Å². The molecule has 0 saturated heterocycles. The van der Waals surface area contributed by atoms with Gasteiger partial charge in [0.25, 0.3) is 0 Å². The van der Waals surface area contributed by atoms with Gasteiger partial charge in [0.2, 0.25) is 5.91 Å². The average Bonchev–Trinajstić information content (AvgIpc) is 3.21. The summed E-state index contributed by atoms with van der Waals surface area (Å²) in [4.78, 5) is 11.8. The zero-order valence-corrected chi connectivity index (χ0v) is 14.0. The fourth-order valence-corrected chi connectivity index (χ4v) is 3.79. The van der Waals surface area contributed by atoms with Gasteiger partial charge in [0.15, 0.2) is 0 Å². The van der Waals surface area contributed by atoms with E-state index in [9.17, 15) is 4.79 Å². The van der Waals surface area contributed by atoms with Crippen LogP contribution in [-0.2, 0) is 10.5 Å². The molecular formula is C17H26N2OS. The summed E-state index contributed by atoms with van der Waals surface area (Å²) in [5, 5.41) is 3.80. The van der Waals surface area contributed by atoms with Crippen LogP contribution in [0.2, 0.25) is 0 Å². The van der Waals surface area contributed by atoms with Crippen LogP contribution in [0.3, 0.4) is 0 Å². The van der Waals surface area contributed by atoms with Gasteiger partial charge in [0, 0.05) is 17.0 Å². The van der Waals surface area contributed by atoms with E-state index < -0.39 is 5.54 Å². The van der Waals surface area contributed by atoms with Crippen LogP contribution in [0.15, 0.2) is 24.3 Å². The third-order valence-electron chi connectivity index (χ3n) is 4.12. The lowest BCUT2D eigenvalue weighted by molar-refractivity contribution is -0.124. The molecule has 1 saturated carbocycles. The Morgan fingerprint density at radius 3 is 2.71 bits per heavy atom. The van der Waals surface area contributed by atoms with E-state index in [1.165, 1.54) is 11.1 Å². The minimum atomic E-state index is -0.584. The van der Waals surface area contributed by atoms with Crippen LogP contribution in [0.25, 0.3) is 0 Å². The minimum Gasteiger partial charge on any atom is -0.368 e. The Morgan fingerprint density at radius 2 is 2.14 bits per heavy atom. The molecule has 0 aromatic heterocycles. The van der Waals surface area contributed by atoms with Gasteiger partial charge < -0.3 is 11.1 Å². The quantitative estimate of drug-likeness (QED) is 0.776. The minimum absolute atomic E-state index is 0.238. The molecule has 2 unspecified atom stereocenters. The molecule has 0 heterocycles. The van der Waals surface area contributed by atoms with Crippen LogP contribution >= 0.6 is 11.8 Å². The fraction of sp³-hybridized carbons (Fsp3) is 0.588. The number of primary amides is 1. The highest BCUT2D eigenvalue weighted by atomic mass is 32.2. The fourth-order valence-electron chi connectivity index (χ4n) is 2.55. The predicted molar refractivity (Wildman–Crippen MR) is 90.3 cm³/mol. The maximum absolute atomic E-state index is 11.8. The Labute approximate surface area is 132 Å². The van der Waals surface area contributed by atoms with E-state index in [0.717, 1.165) is 25.0 Å². The number of aryl methyl sites for hydroxylation is 1. The lowest BCUT2D eigenvalue weighted by Crippen LogP contribution is -2.55. The van der Waals surface area contributed by atoms with E-state index in [1.54, 1.807) is 0 Å². The van der Waals surface area contributed by atoms with Gasteiger partial charge in [-0.05, 0) is 44.2 Å². The summed E-state index contributed by atoms with van der Waals surface area (Å²) in [6.45, 7) is 6.26. The Morgan fingerprint density at radius 1 is 1.48 bits per heavy atom. The first kappa shape index (κ1) is 16.4. The molecule has 0 bridgehead atoms. The summed E-state index contributed by atoms with van der Waals surface area (Å²) in [5.74, 6) is 0.740. The number of benzene rings is 1. The molecule has 1 aliphatic carbocycles. The van der Waals surface area contributed by atoms with Crippen LogP contribution in [0.1, 0.15) is 44.2 Å². The second-order valence-electron chi connectivity index (χ2n) is 6.37. The maximum atomic E-state index is 11.8. The van der Waals surface area contributed by atoms with E-state index in [-0.39, 0.29) is 5.91 Å². The summed E-state index contributed by atoms with van der Waals surface area (Å²) in [5.41, 5.74) is 7.72. The molecule has 3 N–H and O–H groups in total. The van der Waals surface area contributed by atoms with E-state index in [2.05, 4.69) is 43.4 Å². The number of amides is 1. The lowest BCUT2D eigenvalue weighted by Gasteiger charge is -2.30. The summed E-state index contributed by atoms with van der Waals surface area (Å²) < 4.78 is 0. The summed E-state index contributed by atoms with van der Waals surface area (Å²) in [6.07, 6.45) is 3.09. The van der Waals surface area contributed by atoms with Crippen molar-refractivity contribution in [3.63, 3.8) is 0 Å². The van der Waals surface area contributed by atoms with E-state index in [4.69, 9.17) is 5.73 Å². The monoisotopic (exact) mass is 306 g/mol. The van der Waals surface area contributed by atoms with Gasteiger partial charge in [0.1, 0.15) is 0 Å². The van der Waals surface area contributed by atoms with E-state index >= 15 is 0 Å². The van der Waals surface area contributed by atoms with Crippen molar-refractivity contribution in [2.75, 3.05) is 0 Å². The first-order valence-electron chi connectivity index (χ1n) is 7.64. The largest absolute Gasteiger partial charge is 0.368 e. The second-order valence-corrected chi connectivity index (χ2v) is 7.79. The van der Waals surface area contributed by atoms with Crippen molar-refractivity contribution in [3.8, 4) is 0 Å². The summed E-state index contributed by atoms with van der Waals surface area (Å²) >= 11 is 1.89. The number of carbonyl (C=O) groups is 1. The number of rotatable bonds is 8. The number of nitrogens with two attached hydrogens (primary N) is 1. The van der Waals surface area contributed by atoms with Gasteiger partial charge in [-0.1, -0.05) is 31.2 Å². The Kier molecular flexibility index (Phi) is 5.33. The van der Waals surface area contributed by atoms with E-state index in [0.29, 0.717) is 11.3 Å². The first-order chi connectivity index (χ1) is 9.90. The Bertz CT molecular complexity index is 501. The molecule has 1 fully saturated rings. The van der Waals surface area contributed by atoms with Gasteiger partial charge in [-0.15, -0.1) is 0 Å². The van der Waals surface area contributed by atoms with Crippen molar-refractivity contribution in [1.82, 2.24) is 5.32 Å². The molecule has 1 aromatic rings. The number of thioether (sulfide) groups is 1. The third kappa shape index (κ3) is 4.75. The van der Waals surface area contributed by atoms with Crippen molar-refractivity contribution in [3.05, 3.63) is 35.4 Å². The van der Waals surface area contributed by atoms with E-state index in [1.807, 2.05) is 18.7 Å². The molecular weight excluding hydrogens is 280 g/mol. The molecule has 1 aromatic carbocycles. The highest BCUT2D eigenvalue weighted by molar-refractivity contribution is 7.99. The number of nitrogens with one attached hydrogen (secondary N) is 1. The topological polar surface area (TPSA) is 55.1 Å². The first-order valence-corrected chi connectivity index (χ1v) is 8.69. The molecule has 2 atom stereocenters. The molecule has 1 aliphatic rings. The SMILES string of the molecule is Cc1ccccc1CSC(C)CC(C)(NC1CC1)C(N)=O. The van der Waals surface area contributed by atoms with Crippen molar-refractivity contribution >= 4 is 17.7 Å². The molecule has 116 valence electrons. The molecule has 1 amide bonds. The van der Waals surface area contributed by atoms with Crippen molar-refractivity contribution in [2.45, 2.75) is 62.6 Å². The average molecular weight is 306 g/mol. The third-order valence-corrected chi connectivity index (χ3v) is 5.34. The summed E-state index contributed by atoms with van der Waals surface area (Å²) in [7, 11) is 0. The van der Waals surface area contributed by atoms with Crippen molar-refractivity contribution < 1.29 is 4.79 Å². The highest BCUT2D eigenvalue weighted by Crippen LogP contribution is 2.29. The molecule has 2 rings (SSSR count). The van der Waals surface area contributed by atoms with Gasteiger partial charge in [-0.2, -0.15) is 11.8 Å². The number of hydrogen-bond donors (Lipinski definition) is 2. The smallest absolute Gasteiger partial charge is 0.237 e. The Balaban J connectivity index is 1.88. The van der Waals surface area contributed by atoms with Crippen LogP contribution < -0.4 is 11.1 Å². The molecule has 0 spiro atoms.